The van der Waals surface area contributed by atoms with Crippen LogP contribution in [0.1, 0.15) is 21.7 Å². The number of aryl methyl sites for hydroxylation is 1. The van der Waals surface area contributed by atoms with Gasteiger partial charge in [0.25, 0.3) is 0 Å². The summed E-state index contributed by atoms with van der Waals surface area (Å²) >= 11 is 0. The maximum atomic E-state index is 12.1. The fraction of sp³-hybridized carbons (Fsp3) is 0.0769. The Hall–Kier alpha value is -2.56. The second-order valence-electron chi connectivity index (χ2n) is 4.04. The van der Waals surface area contributed by atoms with Crippen LogP contribution in [-0.4, -0.2) is 26.2 Å². The van der Waals surface area contributed by atoms with Gasteiger partial charge in [0.15, 0.2) is 5.69 Å². The number of H-pyrrole nitrogens is 1. The lowest BCUT2D eigenvalue weighted by molar-refractivity contribution is 0.103. The molecule has 5 nitrogen and oxygen atoms in total. The van der Waals surface area contributed by atoms with Crippen LogP contribution >= 0.6 is 0 Å². The molecule has 0 unspecified atom stereocenters. The fourth-order valence-corrected chi connectivity index (χ4v) is 1.83. The Bertz CT molecular complexity index is 719. The van der Waals surface area contributed by atoms with Gasteiger partial charge in [-0.3, -0.25) is 9.78 Å². The number of pyridine rings is 1. The van der Waals surface area contributed by atoms with Crippen molar-refractivity contribution in [3.8, 4) is 0 Å². The summed E-state index contributed by atoms with van der Waals surface area (Å²) in [4.78, 5) is 16.5. The third-order valence-electron chi connectivity index (χ3n) is 2.74. The molecule has 88 valence electrons. The number of ketones is 1. The Morgan fingerprint density at radius 3 is 2.89 bits per heavy atom. The van der Waals surface area contributed by atoms with E-state index in [0.29, 0.717) is 11.3 Å². The lowest BCUT2D eigenvalue weighted by Crippen LogP contribution is -2.01. The lowest BCUT2D eigenvalue weighted by atomic mass is 10.1. The number of hydrogen-bond donors (Lipinski definition) is 1. The highest BCUT2D eigenvalue weighted by molar-refractivity contribution is 6.09. The molecule has 0 aliphatic carbocycles. The maximum absolute atomic E-state index is 12.1. The van der Waals surface area contributed by atoms with Crippen LogP contribution in [0.25, 0.3) is 10.9 Å². The molecule has 3 aromatic rings. The number of benzene rings is 1. The van der Waals surface area contributed by atoms with Crippen LogP contribution in [0.15, 0.2) is 36.5 Å². The fourth-order valence-electron chi connectivity index (χ4n) is 1.83. The van der Waals surface area contributed by atoms with Gasteiger partial charge in [-0.05, 0) is 31.2 Å². The van der Waals surface area contributed by atoms with E-state index in [1.807, 2.05) is 31.2 Å². The topological polar surface area (TPSA) is 71.5 Å². The number of hydrogen-bond acceptors (Lipinski definition) is 4. The molecule has 5 heteroatoms. The van der Waals surface area contributed by atoms with Crippen LogP contribution in [0.3, 0.4) is 0 Å². The summed E-state index contributed by atoms with van der Waals surface area (Å²) in [6, 6.07) is 9.30. The third kappa shape index (κ3) is 1.75. The van der Waals surface area contributed by atoms with Crippen molar-refractivity contribution in [3.05, 3.63) is 53.5 Å². The SMILES string of the molecule is Cc1ccc2cc(C(=O)c3cn[nH]n3)ccc2n1. The largest absolute Gasteiger partial charge is 0.287 e. The van der Waals surface area contributed by atoms with Crippen molar-refractivity contribution < 1.29 is 4.79 Å². The van der Waals surface area contributed by atoms with Gasteiger partial charge in [-0.1, -0.05) is 6.07 Å². The molecule has 0 bridgehead atoms. The minimum Gasteiger partial charge on any atom is -0.287 e. The molecule has 1 aromatic carbocycles. The summed E-state index contributed by atoms with van der Waals surface area (Å²) < 4.78 is 0. The van der Waals surface area contributed by atoms with E-state index in [2.05, 4.69) is 20.4 Å². The number of nitrogens with one attached hydrogen (secondary N) is 1. The molecule has 0 aliphatic rings. The van der Waals surface area contributed by atoms with Gasteiger partial charge in [0, 0.05) is 16.6 Å². The predicted octanol–water partition coefficient (Wildman–Crippen LogP) is 1.89. The van der Waals surface area contributed by atoms with E-state index in [-0.39, 0.29) is 5.78 Å². The maximum Gasteiger partial charge on any atom is 0.214 e. The molecule has 3 rings (SSSR count). The van der Waals surface area contributed by atoms with Gasteiger partial charge in [0.1, 0.15) is 0 Å². The summed E-state index contributed by atoms with van der Waals surface area (Å²) in [5, 5.41) is 10.8. The quantitative estimate of drug-likeness (QED) is 0.692. The highest BCUT2D eigenvalue weighted by atomic mass is 16.1. The summed E-state index contributed by atoms with van der Waals surface area (Å²) in [5.41, 5.74) is 2.74. The van der Waals surface area contributed by atoms with Crippen molar-refractivity contribution >= 4 is 16.7 Å². The highest BCUT2D eigenvalue weighted by Crippen LogP contribution is 2.16. The Morgan fingerprint density at radius 2 is 2.11 bits per heavy atom. The molecule has 0 atom stereocenters. The van der Waals surface area contributed by atoms with E-state index in [1.54, 1.807) is 6.07 Å². The van der Waals surface area contributed by atoms with E-state index >= 15 is 0 Å². The first-order valence-corrected chi connectivity index (χ1v) is 5.52. The zero-order valence-corrected chi connectivity index (χ0v) is 9.71. The summed E-state index contributed by atoms with van der Waals surface area (Å²) in [7, 11) is 0. The monoisotopic (exact) mass is 238 g/mol. The smallest absolute Gasteiger partial charge is 0.214 e. The summed E-state index contributed by atoms with van der Waals surface area (Å²) in [5.74, 6) is -0.147. The predicted molar refractivity (Wildman–Crippen MR) is 66.3 cm³/mol. The first-order valence-electron chi connectivity index (χ1n) is 5.52. The van der Waals surface area contributed by atoms with Crippen LogP contribution in [-0.2, 0) is 0 Å². The molecule has 0 radical (unpaired) electrons. The number of nitrogens with zero attached hydrogens (tertiary/aromatic N) is 3. The Balaban J connectivity index is 2.09. The number of carbonyl (C=O) groups is 1. The van der Waals surface area contributed by atoms with E-state index in [4.69, 9.17) is 0 Å². The summed E-state index contributed by atoms with van der Waals surface area (Å²) in [6.07, 6.45) is 1.42. The van der Waals surface area contributed by atoms with Gasteiger partial charge >= 0.3 is 0 Å². The molecule has 0 saturated carbocycles. The van der Waals surface area contributed by atoms with Crippen molar-refractivity contribution in [2.24, 2.45) is 0 Å². The van der Waals surface area contributed by atoms with Crippen LogP contribution in [0.4, 0.5) is 0 Å². The van der Waals surface area contributed by atoms with Gasteiger partial charge in [-0.15, -0.1) is 0 Å². The Kier molecular flexibility index (Phi) is 2.37. The average molecular weight is 238 g/mol. The second kappa shape index (κ2) is 4.03. The van der Waals surface area contributed by atoms with Crippen molar-refractivity contribution in [3.63, 3.8) is 0 Å². The normalized spacial score (nSPS) is 10.7. The summed E-state index contributed by atoms with van der Waals surface area (Å²) in [6.45, 7) is 1.94. The molecular weight excluding hydrogens is 228 g/mol. The number of fused-ring (bicyclic) bond motifs is 1. The molecule has 0 spiro atoms. The standard InChI is InChI=1S/C13H10N4O/c1-8-2-3-9-6-10(4-5-11(9)15-8)13(18)12-7-14-17-16-12/h2-7H,1H3,(H,14,16,17). The molecule has 0 fully saturated rings. The van der Waals surface area contributed by atoms with Crippen LogP contribution in [0, 0.1) is 6.92 Å². The van der Waals surface area contributed by atoms with E-state index < -0.39 is 0 Å². The van der Waals surface area contributed by atoms with E-state index in [9.17, 15) is 4.79 Å². The van der Waals surface area contributed by atoms with Crippen molar-refractivity contribution in [2.75, 3.05) is 0 Å². The van der Waals surface area contributed by atoms with Crippen molar-refractivity contribution in [1.29, 1.82) is 0 Å². The molecule has 2 aromatic heterocycles. The Morgan fingerprint density at radius 1 is 1.22 bits per heavy atom. The van der Waals surface area contributed by atoms with E-state index in [1.165, 1.54) is 6.20 Å². The lowest BCUT2D eigenvalue weighted by Gasteiger charge is -2.01. The molecule has 0 aliphatic heterocycles. The van der Waals surface area contributed by atoms with Gasteiger partial charge in [0.05, 0.1) is 11.7 Å². The molecule has 0 amide bonds. The highest BCUT2D eigenvalue weighted by Gasteiger charge is 2.12. The third-order valence-corrected chi connectivity index (χ3v) is 2.74. The number of aromatic amines is 1. The first kappa shape index (κ1) is 10.6. The van der Waals surface area contributed by atoms with Crippen molar-refractivity contribution in [1.82, 2.24) is 20.4 Å². The molecule has 1 N–H and O–H groups in total. The zero-order chi connectivity index (χ0) is 12.5. The Labute approximate surface area is 103 Å². The minimum atomic E-state index is -0.147. The number of rotatable bonds is 2. The van der Waals surface area contributed by atoms with Crippen LogP contribution in [0.5, 0.6) is 0 Å². The van der Waals surface area contributed by atoms with Crippen LogP contribution in [0.2, 0.25) is 0 Å². The van der Waals surface area contributed by atoms with Gasteiger partial charge in [-0.2, -0.15) is 15.4 Å². The second-order valence-corrected chi connectivity index (χ2v) is 4.04. The van der Waals surface area contributed by atoms with E-state index in [0.717, 1.165) is 16.6 Å². The molecule has 2 heterocycles. The van der Waals surface area contributed by atoms with Gasteiger partial charge < -0.3 is 0 Å². The zero-order valence-electron chi connectivity index (χ0n) is 9.71. The van der Waals surface area contributed by atoms with Crippen molar-refractivity contribution in [2.45, 2.75) is 6.92 Å². The minimum absolute atomic E-state index is 0.147. The first-order chi connectivity index (χ1) is 8.74. The molecular formula is C13H10N4O. The molecule has 18 heavy (non-hydrogen) atoms. The number of aromatic nitrogens is 4. The average Bonchev–Trinajstić information content (AvgIpc) is 2.91. The van der Waals surface area contributed by atoms with Crippen LogP contribution < -0.4 is 0 Å². The van der Waals surface area contributed by atoms with Gasteiger partial charge in [0.2, 0.25) is 5.78 Å². The van der Waals surface area contributed by atoms with Gasteiger partial charge in [-0.25, -0.2) is 0 Å². The number of carbonyl (C=O) groups excluding carboxylic acids is 1. The molecule has 0 saturated heterocycles.